The molecule has 0 amide bonds. The van der Waals surface area contributed by atoms with Gasteiger partial charge in [0.2, 0.25) is 6.29 Å². The first kappa shape index (κ1) is 12.9. The Morgan fingerprint density at radius 2 is 1.88 bits per heavy atom. The number of rotatable bonds is 5. The van der Waals surface area contributed by atoms with E-state index in [1.165, 1.54) is 33.6 Å². The molecule has 0 saturated carbocycles. The van der Waals surface area contributed by atoms with Gasteiger partial charge < -0.3 is 24.3 Å². The second-order valence-electron chi connectivity index (χ2n) is 3.03. The molecule has 0 radical (unpaired) electrons. The predicted octanol–water partition coefficient (Wildman–Crippen LogP) is -0.939. The van der Waals surface area contributed by atoms with Crippen molar-refractivity contribution in [1.29, 1.82) is 0 Å². The molecule has 1 aromatic heterocycles. The third-order valence-electron chi connectivity index (χ3n) is 2.09. The zero-order chi connectivity index (χ0) is 12.1. The summed E-state index contributed by atoms with van der Waals surface area (Å²) in [4.78, 5) is 4.04. The Balaban J connectivity index is 3.10. The lowest BCUT2D eigenvalue weighted by Crippen LogP contribution is -2.32. The molecule has 0 aliphatic carbocycles. The fraction of sp³-hybridized carbons (Fsp3) is 0.444. The van der Waals surface area contributed by atoms with Gasteiger partial charge in [0, 0.05) is 19.7 Å². The molecule has 0 aromatic carbocycles. The highest BCUT2D eigenvalue weighted by molar-refractivity contribution is 6.59. The summed E-state index contributed by atoms with van der Waals surface area (Å²) in [7, 11) is 2.72. The van der Waals surface area contributed by atoms with Crippen LogP contribution >= 0.6 is 0 Å². The lowest BCUT2D eigenvalue weighted by molar-refractivity contribution is -0.108. The minimum atomic E-state index is -1.63. The first-order valence-electron chi connectivity index (χ1n) is 4.59. The molecule has 0 atom stereocenters. The van der Waals surface area contributed by atoms with Crippen molar-refractivity contribution in [2.45, 2.75) is 6.29 Å². The van der Waals surface area contributed by atoms with Crippen LogP contribution in [0.2, 0.25) is 0 Å². The molecule has 0 bridgehead atoms. The summed E-state index contributed by atoms with van der Waals surface area (Å²) in [5.41, 5.74) is 0.653. The standard InChI is InChI=1S/C9H14BNO5/c1-14-8-5-11-7(9(15-2)16-3)4-6(8)10(12)13/h4-5,9,12-13H,1-3H3. The molecule has 16 heavy (non-hydrogen) atoms. The summed E-state index contributed by atoms with van der Waals surface area (Å²) >= 11 is 0. The largest absolute Gasteiger partial charge is 0.496 e. The topological polar surface area (TPSA) is 81.0 Å². The van der Waals surface area contributed by atoms with Crippen molar-refractivity contribution in [3.8, 4) is 5.75 Å². The van der Waals surface area contributed by atoms with Gasteiger partial charge in [0.15, 0.2) is 0 Å². The normalized spacial score (nSPS) is 10.6. The third kappa shape index (κ3) is 2.70. The van der Waals surface area contributed by atoms with Crippen molar-refractivity contribution >= 4 is 12.6 Å². The van der Waals surface area contributed by atoms with Crippen molar-refractivity contribution < 1.29 is 24.3 Å². The summed E-state index contributed by atoms with van der Waals surface area (Å²) in [6.07, 6.45) is 0.734. The van der Waals surface area contributed by atoms with Crippen LogP contribution in [0, 0.1) is 0 Å². The van der Waals surface area contributed by atoms with E-state index in [1.54, 1.807) is 0 Å². The summed E-state index contributed by atoms with van der Waals surface area (Å²) in [5, 5.41) is 18.3. The second-order valence-corrected chi connectivity index (χ2v) is 3.03. The Morgan fingerprint density at radius 1 is 1.25 bits per heavy atom. The maximum Gasteiger partial charge on any atom is 0.492 e. The minimum Gasteiger partial charge on any atom is -0.496 e. The zero-order valence-corrected chi connectivity index (χ0v) is 9.38. The lowest BCUT2D eigenvalue weighted by Gasteiger charge is -2.15. The van der Waals surface area contributed by atoms with Crippen molar-refractivity contribution in [3.05, 3.63) is 18.0 Å². The summed E-state index contributed by atoms with van der Waals surface area (Å²) in [6, 6.07) is 1.46. The monoisotopic (exact) mass is 227 g/mol. The Bertz CT molecular complexity index is 343. The van der Waals surface area contributed by atoms with Gasteiger partial charge in [0.1, 0.15) is 5.75 Å². The SMILES string of the molecule is COc1cnc(C(OC)OC)cc1B(O)O. The predicted molar refractivity (Wildman–Crippen MR) is 57.4 cm³/mol. The van der Waals surface area contributed by atoms with Crippen molar-refractivity contribution in [2.24, 2.45) is 0 Å². The van der Waals surface area contributed by atoms with E-state index in [-0.39, 0.29) is 5.46 Å². The quantitative estimate of drug-likeness (QED) is 0.499. The van der Waals surface area contributed by atoms with Crippen LogP contribution in [-0.2, 0) is 9.47 Å². The van der Waals surface area contributed by atoms with Crippen LogP contribution < -0.4 is 10.2 Å². The van der Waals surface area contributed by atoms with Gasteiger partial charge in [-0.15, -0.1) is 0 Å². The summed E-state index contributed by atoms with van der Waals surface area (Å²) in [6.45, 7) is 0. The van der Waals surface area contributed by atoms with Crippen molar-refractivity contribution in [1.82, 2.24) is 4.98 Å². The maximum absolute atomic E-state index is 9.15. The minimum absolute atomic E-state index is 0.214. The zero-order valence-electron chi connectivity index (χ0n) is 9.38. The fourth-order valence-corrected chi connectivity index (χ4v) is 1.31. The number of aromatic nitrogens is 1. The van der Waals surface area contributed by atoms with E-state index in [0.717, 1.165) is 0 Å². The van der Waals surface area contributed by atoms with Crippen LogP contribution in [0.3, 0.4) is 0 Å². The summed E-state index contributed by atoms with van der Waals surface area (Å²) < 4.78 is 15.0. The highest BCUT2D eigenvalue weighted by atomic mass is 16.7. The molecular formula is C9H14BNO5. The number of ether oxygens (including phenoxy) is 3. The van der Waals surface area contributed by atoms with E-state index in [9.17, 15) is 0 Å². The van der Waals surface area contributed by atoms with E-state index in [4.69, 9.17) is 24.3 Å². The Kier molecular flexibility index (Phi) is 4.69. The molecule has 6 nitrogen and oxygen atoms in total. The van der Waals surface area contributed by atoms with Gasteiger partial charge >= 0.3 is 7.12 Å². The molecule has 1 heterocycles. The number of hydrogen-bond acceptors (Lipinski definition) is 6. The molecule has 0 spiro atoms. The highest BCUT2D eigenvalue weighted by Gasteiger charge is 2.21. The molecule has 0 fully saturated rings. The second kappa shape index (κ2) is 5.81. The molecule has 7 heteroatoms. The van der Waals surface area contributed by atoms with Crippen LogP contribution in [0.4, 0.5) is 0 Å². The third-order valence-corrected chi connectivity index (χ3v) is 2.09. The van der Waals surface area contributed by atoms with Crippen LogP contribution in [0.5, 0.6) is 5.75 Å². The van der Waals surface area contributed by atoms with Crippen molar-refractivity contribution in [3.63, 3.8) is 0 Å². The Labute approximate surface area is 93.9 Å². The van der Waals surface area contributed by atoms with Crippen molar-refractivity contribution in [2.75, 3.05) is 21.3 Å². The van der Waals surface area contributed by atoms with Gasteiger partial charge in [0.25, 0.3) is 0 Å². The molecule has 0 saturated heterocycles. The highest BCUT2D eigenvalue weighted by Crippen LogP contribution is 2.16. The average molecular weight is 227 g/mol. The van der Waals surface area contributed by atoms with Crippen LogP contribution in [0.15, 0.2) is 12.3 Å². The molecule has 88 valence electrons. The van der Waals surface area contributed by atoms with Crippen LogP contribution in [0.1, 0.15) is 12.0 Å². The fourth-order valence-electron chi connectivity index (χ4n) is 1.31. The van der Waals surface area contributed by atoms with E-state index in [0.29, 0.717) is 11.4 Å². The van der Waals surface area contributed by atoms with Gasteiger partial charge in [-0.2, -0.15) is 0 Å². The number of nitrogens with zero attached hydrogens (tertiary/aromatic N) is 1. The first-order chi connectivity index (χ1) is 7.63. The average Bonchev–Trinajstić information content (AvgIpc) is 2.30. The molecule has 1 rings (SSSR count). The number of methoxy groups -OCH3 is 3. The number of hydrogen-bond donors (Lipinski definition) is 2. The molecule has 0 aliphatic heterocycles. The Hall–Kier alpha value is -1.15. The van der Waals surface area contributed by atoms with Gasteiger partial charge in [-0.05, 0) is 6.07 Å². The number of pyridine rings is 1. The molecular weight excluding hydrogens is 213 g/mol. The maximum atomic E-state index is 9.15. The van der Waals surface area contributed by atoms with Crippen LogP contribution in [-0.4, -0.2) is 43.5 Å². The first-order valence-corrected chi connectivity index (χ1v) is 4.59. The molecule has 1 aromatic rings. The van der Waals surface area contributed by atoms with E-state index in [1.807, 2.05) is 0 Å². The van der Waals surface area contributed by atoms with E-state index >= 15 is 0 Å². The van der Waals surface area contributed by atoms with E-state index < -0.39 is 13.4 Å². The van der Waals surface area contributed by atoms with Gasteiger partial charge in [-0.1, -0.05) is 0 Å². The molecule has 0 aliphatic rings. The van der Waals surface area contributed by atoms with Gasteiger partial charge in [-0.25, -0.2) is 0 Å². The molecule has 2 N–H and O–H groups in total. The lowest BCUT2D eigenvalue weighted by atomic mass is 9.80. The Morgan fingerprint density at radius 3 is 2.31 bits per heavy atom. The van der Waals surface area contributed by atoms with Gasteiger partial charge in [0.05, 0.1) is 19.0 Å². The summed E-state index contributed by atoms with van der Waals surface area (Å²) in [5.74, 6) is 0.296. The van der Waals surface area contributed by atoms with Crippen LogP contribution in [0.25, 0.3) is 0 Å². The van der Waals surface area contributed by atoms with E-state index in [2.05, 4.69) is 4.98 Å². The smallest absolute Gasteiger partial charge is 0.492 e. The molecule has 0 unspecified atom stereocenters. The van der Waals surface area contributed by atoms with Gasteiger partial charge in [-0.3, -0.25) is 4.98 Å².